The third-order valence-corrected chi connectivity index (χ3v) is 4.85. The van der Waals surface area contributed by atoms with Crippen LogP contribution in [-0.4, -0.2) is 28.7 Å². The number of nitrogens with two attached hydrogens (primary N) is 1. The van der Waals surface area contributed by atoms with Gasteiger partial charge in [0.1, 0.15) is 11.8 Å². The number of fused-ring (bicyclic) bond motifs is 1. The monoisotopic (exact) mass is 390 g/mol. The van der Waals surface area contributed by atoms with Gasteiger partial charge in [0.25, 0.3) is 5.91 Å². The number of carbonyl (C=O) groups excluding carboxylic acids is 3. The molecule has 29 heavy (non-hydrogen) atoms. The fourth-order valence-corrected chi connectivity index (χ4v) is 3.39. The summed E-state index contributed by atoms with van der Waals surface area (Å²) in [6, 6.07) is 16.0. The van der Waals surface area contributed by atoms with E-state index in [1.54, 1.807) is 24.3 Å². The van der Waals surface area contributed by atoms with Crippen LogP contribution in [0, 0.1) is 0 Å². The highest BCUT2D eigenvalue weighted by Gasteiger charge is 2.37. The lowest BCUT2D eigenvalue weighted by atomic mass is 9.93. The first-order chi connectivity index (χ1) is 14.0. The van der Waals surface area contributed by atoms with Crippen LogP contribution in [-0.2, 0) is 17.8 Å². The van der Waals surface area contributed by atoms with Crippen molar-refractivity contribution in [3.8, 4) is 5.75 Å². The number of hydrogen-bond donors (Lipinski definition) is 1. The van der Waals surface area contributed by atoms with Crippen LogP contribution in [0.5, 0.6) is 5.75 Å². The number of esters is 1. The van der Waals surface area contributed by atoms with Crippen molar-refractivity contribution in [3.63, 3.8) is 0 Å². The number of ether oxygens (including phenoxy) is 1. The smallest absolute Gasteiger partial charge is 0.334 e. The predicted octanol–water partition coefficient (Wildman–Crippen LogP) is 2.55. The number of primary amides is 1. The second-order valence-corrected chi connectivity index (χ2v) is 6.71. The standard InChI is InChI=1S/C22H18N2O5/c23-20(25)15-7-3-8-17(11-15)29-22(27)18-12-14-5-1-2-6-16(14)13-24(18)21(26)19-9-4-10-28-19/h1-11,18H,12-13H2,(H2,23,25). The molecule has 1 aromatic heterocycles. The lowest BCUT2D eigenvalue weighted by molar-refractivity contribution is -0.140. The third kappa shape index (κ3) is 3.75. The Labute approximate surface area is 166 Å². The molecule has 2 aromatic carbocycles. The van der Waals surface area contributed by atoms with Crippen LogP contribution in [0.1, 0.15) is 32.0 Å². The van der Waals surface area contributed by atoms with Crippen molar-refractivity contribution in [2.75, 3.05) is 0 Å². The summed E-state index contributed by atoms with van der Waals surface area (Å²) in [5.74, 6) is -1.27. The van der Waals surface area contributed by atoms with Crippen molar-refractivity contribution in [2.45, 2.75) is 19.0 Å². The highest BCUT2D eigenvalue weighted by atomic mass is 16.5. The van der Waals surface area contributed by atoms with Gasteiger partial charge >= 0.3 is 5.97 Å². The van der Waals surface area contributed by atoms with Gasteiger partial charge in [-0.05, 0) is 41.5 Å². The molecule has 0 radical (unpaired) electrons. The second-order valence-electron chi connectivity index (χ2n) is 6.71. The number of carbonyl (C=O) groups is 3. The quantitative estimate of drug-likeness (QED) is 0.545. The molecule has 0 saturated carbocycles. The maximum absolute atomic E-state index is 13.0. The summed E-state index contributed by atoms with van der Waals surface area (Å²) in [6.45, 7) is 0.261. The van der Waals surface area contributed by atoms with E-state index in [1.807, 2.05) is 24.3 Å². The van der Waals surface area contributed by atoms with Gasteiger partial charge in [-0.15, -0.1) is 0 Å². The number of hydrogen-bond acceptors (Lipinski definition) is 5. The summed E-state index contributed by atoms with van der Waals surface area (Å²) in [5, 5.41) is 0. The van der Waals surface area contributed by atoms with E-state index >= 15 is 0 Å². The molecule has 0 bridgehead atoms. The molecular weight excluding hydrogens is 372 g/mol. The van der Waals surface area contributed by atoms with Crippen molar-refractivity contribution in [2.24, 2.45) is 5.73 Å². The molecule has 0 aliphatic carbocycles. The van der Waals surface area contributed by atoms with Crippen molar-refractivity contribution >= 4 is 17.8 Å². The van der Waals surface area contributed by atoms with Crippen LogP contribution in [0.3, 0.4) is 0 Å². The van der Waals surface area contributed by atoms with E-state index in [9.17, 15) is 14.4 Å². The van der Waals surface area contributed by atoms with Crippen molar-refractivity contribution in [1.82, 2.24) is 4.90 Å². The maximum Gasteiger partial charge on any atom is 0.334 e. The summed E-state index contributed by atoms with van der Waals surface area (Å²) in [4.78, 5) is 38.7. The minimum absolute atomic E-state index is 0.151. The molecule has 2 amide bonds. The second kappa shape index (κ2) is 7.63. The first-order valence-electron chi connectivity index (χ1n) is 9.06. The number of rotatable bonds is 4. The molecule has 7 nitrogen and oxygen atoms in total. The van der Waals surface area contributed by atoms with E-state index in [4.69, 9.17) is 14.9 Å². The Balaban J connectivity index is 1.63. The normalized spacial score (nSPS) is 15.4. The minimum atomic E-state index is -0.834. The van der Waals surface area contributed by atoms with Crippen LogP contribution >= 0.6 is 0 Å². The van der Waals surface area contributed by atoms with Gasteiger partial charge in [0.2, 0.25) is 5.91 Å². The van der Waals surface area contributed by atoms with Crippen LogP contribution < -0.4 is 10.5 Å². The summed E-state index contributed by atoms with van der Waals surface area (Å²) in [5.41, 5.74) is 7.45. The Hall–Kier alpha value is -3.87. The van der Waals surface area contributed by atoms with E-state index in [2.05, 4.69) is 0 Å². The van der Waals surface area contributed by atoms with Gasteiger partial charge in [-0.25, -0.2) is 4.79 Å². The average molecular weight is 390 g/mol. The van der Waals surface area contributed by atoms with Gasteiger partial charge in [-0.2, -0.15) is 0 Å². The zero-order valence-electron chi connectivity index (χ0n) is 15.4. The number of amides is 2. The lowest BCUT2D eigenvalue weighted by Crippen LogP contribution is -2.50. The molecule has 1 aliphatic rings. The highest BCUT2D eigenvalue weighted by molar-refractivity contribution is 5.96. The zero-order chi connectivity index (χ0) is 20.4. The van der Waals surface area contributed by atoms with E-state index in [-0.39, 0.29) is 23.6 Å². The first kappa shape index (κ1) is 18.5. The molecule has 1 atom stereocenters. The fourth-order valence-electron chi connectivity index (χ4n) is 3.39. The molecule has 4 rings (SSSR count). The summed E-state index contributed by atoms with van der Waals surface area (Å²) in [7, 11) is 0. The van der Waals surface area contributed by atoms with E-state index in [1.165, 1.54) is 23.3 Å². The Bertz CT molecular complexity index is 1070. The van der Waals surface area contributed by atoms with Gasteiger partial charge in [0.05, 0.1) is 6.26 Å². The number of benzene rings is 2. The summed E-state index contributed by atoms with van der Waals surface area (Å²) < 4.78 is 10.7. The van der Waals surface area contributed by atoms with Crippen molar-refractivity contribution in [1.29, 1.82) is 0 Å². The van der Waals surface area contributed by atoms with E-state index in [0.717, 1.165) is 11.1 Å². The minimum Gasteiger partial charge on any atom is -0.459 e. The molecule has 7 heteroatoms. The largest absolute Gasteiger partial charge is 0.459 e. The Kier molecular flexibility index (Phi) is 4.87. The molecule has 2 heterocycles. The van der Waals surface area contributed by atoms with E-state index in [0.29, 0.717) is 6.42 Å². The lowest BCUT2D eigenvalue weighted by Gasteiger charge is -2.34. The molecule has 2 N–H and O–H groups in total. The van der Waals surface area contributed by atoms with Crippen LogP contribution in [0.15, 0.2) is 71.3 Å². The summed E-state index contributed by atoms with van der Waals surface area (Å²) in [6.07, 6.45) is 1.73. The van der Waals surface area contributed by atoms with Gasteiger partial charge in [-0.3, -0.25) is 9.59 Å². The molecular formula is C22H18N2O5. The van der Waals surface area contributed by atoms with Crippen LogP contribution in [0.25, 0.3) is 0 Å². The number of nitrogens with zero attached hydrogens (tertiary/aromatic N) is 1. The molecule has 1 unspecified atom stereocenters. The van der Waals surface area contributed by atoms with Crippen molar-refractivity contribution in [3.05, 3.63) is 89.4 Å². The third-order valence-electron chi connectivity index (χ3n) is 4.85. The SMILES string of the molecule is NC(=O)c1cccc(OC(=O)C2Cc3ccccc3CN2C(=O)c2ccco2)c1. The van der Waals surface area contributed by atoms with Crippen LogP contribution in [0.4, 0.5) is 0 Å². The summed E-state index contributed by atoms with van der Waals surface area (Å²) >= 11 is 0. The molecule has 0 fully saturated rings. The van der Waals surface area contributed by atoms with Crippen molar-refractivity contribution < 1.29 is 23.5 Å². The topological polar surface area (TPSA) is 103 Å². The van der Waals surface area contributed by atoms with Gasteiger partial charge in [-0.1, -0.05) is 30.3 Å². The fraction of sp³-hybridized carbons (Fsp3) is 0.136. The molecule has 0 saturated heterocycles. The molecule has 1 aliphatic heterocycles. The first-order valence-corrected chi connectivity index (χ1v) is 9.06. The average Bonchev–Trinajstić information content (AvgIpc) is 3.27. The predicted molar refractivity (Wildman–Crippen MR) is 103 cm³/mol. The maximum atomic E-state index is 13.0. The molecule has 0 spiro atoms. The Morgan fingerprint density at radius 1 is 1.00 bits per heavy atom. The highest BCUT2D eigenvalue weighted by Crippen LogP contribution is 2.26. The molecule has 146 valence electrons. The number of furan rings is 1. The van der Waals surface area contributed by atoms with E-state index < -0.39 is 23.8 Å². The van der Waals surface area contributed by atoms with Gasteiger partial charge in [0.15, 0.2) is 5.76 Å². The van der Waals surface area contributed by atoms with Gasteiger partial charge < -0.3 is 19.8 Å². The Morgan fingerprint density at radius 3 is 2.52 bits per heavy atom. The Morgan fingerprint density at radius 2 is 1.79 bits per heavy atom. The van der Waals surface area contributed by atoms with Gasteiger partial charge in [0, 0.05) is 18.5 Å². The molecule has 3 aromatic rings. The zero-order valence-corrected chi connectivity index (χ0v) is 15.4. The van der Waals surface area contributed by atoms with Crippen LogP contribution in [0.2, 0.25) is 0 Å².